The highest BCUT2D eigenvalue weighted by Crippen LogP contribution is 2.49. The first-order valence-electron chi connectivity index (χ1n) is 13.0. The highest BCUT2D eigenvalue weighted by atomic mass is 32.2. The molecule has 0 unspecified atom stereocenters. The van der Waals surface area contributed by atoms with E-state index in [0.717, 1.165) is 52.6 Å². The van der Waals surface area contributed by atoms with Gasteiger partial charge in [-0.3, -0.25) is 9.36 Å². The van der Waals surface area contributed by atoms with Crippen molar-refractivity contribution in [1.29, 1.82) is 0 Å². The van der Waals surface area contributed by atoms with E-state index in [0.29, 0.717) is 12.5 Å². The smallest absolute Gasteiger partial charge is 0.258 e. The van der Waals surface area contributed by atoms with Crippen LogP contribution in [0.4, 0.5) is 0 Å². The summed E-state index contributed by atoms with van der Waals surface area (Å²) in [4.78, 5) is 19.7. The summed E-state index contributed by atoms with van der Waals surface area (Å²) < 4.78 is 1.98. The molecule has 178 valence electrons. The Bertz CT molecular complexity index is 1200. The Morgan fingerprint density at radius 1 is 1.03 bits per heavy atom. The fourth-order valence-corrected chi connectivity index (χ4v) is 7.12. The lowest BCUT2D eigenvalue weighted by molar-refractivity contribution is 0.212. The molecule has 4 heteroatoms. The molecule has 0 amide bonds. The van der Waals surface area contributed by atoms with Crippen LogP contribution in [-0.2, 0) is 18.4 Å². The molecular weight excluding hydrogens is 436 g/mol. The molecule has 2 aliphatic rings. The average Bonchev–Trinajstić information content (AvgIpc) is 2.87. The molecule has 3 nitrogen and oxygen atoms in total. The minimum atomic E-state index is -0.167. The molecule has 2 aromatic carbocycles. The Labute approximate surface area is 208 Å². The van der Waals surface area contributed by atoms with Gasteiger partial charge in [-0.25, -0.2) is 4.98 Å². The van der Waals surface area contributed by atoms with E-state index >= 15 is 0 Å². The van der Waals surface area contributed by atoms with Gasteiger partial charge in [-0.15, -0.1) is 0 Å². The topological polar surface area (TPSA) is 34.9 Å². The van der Waals surface area contributed by atoms with Crippen molar-refractivity contribution < 1.29 is 0 Å². The van der Waals surface area contributed by atoms with Gasteiger partial charge in [0.25, 0.3) is 5.56 Å². The van der Waals surface area contributed by atoms with E-state index in [9.17, 15) is 4.79 Å². The largest absolute Gasteiger partial charge is 0.283 e. The molecule has 1 atom stereocenters. The number of hydrogen-bond acceptors (Lipinski definition) is 3. The van der Waals surface area contributed by atoms with Gasteiger partial charge >= 0.3 is 0 Å². The standard InChI is InChI=1S/C30H36N2OS/c1-3-4-19-34-29-31-27-25-18-12-11-15-23(25)20-30(2,24-16-9-6-10-17-24)26(27)28(33)32(29)21-22-13-7-5-8-14-22/h5,7-8,11-15,18,24H,3-4,6,9-10,16-17,19-21H2,1-2H3/t30-/m0/s1. The van der Waals surface area contributed by atoms with Crippen LogP contribution in [0.2, 0.25) is 0 Å². The highest BCUT2D eigenvalue weighted by molar-refractivity contribution is 7.99. The van der Waals surface area contributed by atoms with Crippen molar-refractivity contribution in [1.82, 2.24) is 9.55 Å². The maximum absolute atomic E-state index is 14.4. The Hall–Kier alpha value is -2.33. The first kappa shape index (κ1) is 23.4. The average molecular weight is 473 g/mol. The van der Waals surface area contributed by atoms with Gasteiger partial charge in [-0.1, -0.05) is 106 Å². The lowest BCUT2D eigenvalue weighted by Gasteiger charge is -2.44. The van der Waals surface area contributed by atoms with Gasteiger partial charge in [0.05, 0.1) is 17.8 Å². The van der Waals surface area contributed by atoms with E-state index < -0.39 is 0 Å². The van der Waals surface area contributed by atoms with Gasteiger partial charge in [-0.05, 0) is 42.7 Å². The normalized spacial score (nSPS) is 20.1. The van der Waals surface area contributed by atoms with Gasteiger partial charge in [0.15, 0.2) is 5.16 Å². The summed E-state index contributed by atoms with van der Waals surface area (Å²) in [6.07, 6.45) is 9.49. The Kier molecular flexibility index (Phi) is 6.96. The van der Waals surface area contributed by atoms with E-state index in [1.165, 1.54) is 37.7 Å². The number of unbranched alkanes of at least 4 members (excludes halogenated alkanes) is 1. The molecule has 0 bridgehead atoms. The summed E-state index contributed by atoms with van der Waals surface area (Å²) in [5, 5.41) is 0.865. The minimum absolute atomic E-state index is 0.167. The molecule has 0 N–H and O–H groups in total. The van der Waals surface area contributed by atoms with Crippen molar-refractivity contribution in [3.63, 3.8) is 0 Å². The first-order valence-corrected chi connectivity index (χ1v) is 14.0. The zero-order chi connectivity index (χ0) is 23.5. The van der Waals surface area contributed by atoms with Crippen molar-refractivity contribution >= 4 is 11.8 Å². The number of rotatable bonds is 7. The Morgan fingerprint density at radius 3 is 2.53 bits per heavy atom. The van der Waals surface area contributed by atoms with Gasteiger partial charge in [0.2, 0.25) is 0 Å². The molecule has 34 heavy (non-hydrogen) atoms. The maximum atomic E-state index is 14.4. The molecule has 0 spiro atoms. The molecule has 1 saturated carbocycles. The van der Waals surface area contributed by atoms with Crippen molar-refractivity contribution in [3.8, 4) is 11.3 Å². The predicted octanol–water partition coefficient (Wildman–Crippen LogP) is 7.24. The van der Waals surface area contributed by atoms with E-state index in [1.807, 2.05) is 10.6 Å². The predicted molar refractivity (Wildman–Crippen MR) is 143 cm³/mol. The number of fused-ring (bicyclic) bond motifs is 3. The van der Waals surface area contributed by atoms with Crippen LogP contribution in [0.3, 0.4) is 0 Å². The summed E-state index contributed by atoms with van der Waals surface area (Å²) in [6, 6.07) is 19.0. The quantitative estimate of drug-likeness (QED) is 0.206. The van der Waals surface area contributed by atoms with E-state index in [4.69, 9.17) is 4.98 Å². The van der Waals surface area contributed by atoms with Gasteiger partial charge in [-0.2, -0.15) is 0 Å². The number of thioether (sulfide) groups is 1. The number of nitrogens with zero attached hydrogens (tertiary/aromatic N) is 2. The van der Waals surface area contributed by atoms with Gasteiger partial charge in [0, 0.05) is 16.7 Å². The molecule has 1 heterocycles. The molecule has 2 aliphatic carbocycles. The number of benzene rings is 2. The van der Waals surface area contributed by atoms with Crippen LogP contribution in [0.1, 0.15) is 75.5 Å². The number of hydrogen-bond donors (Lipinski definition) is 0. The summed E-state index contributed by atoms with van der Waals surface area (Å²) in [5.41, 5.74) is 5.58. The van der Waals surface area contributed by atoms with E-state index in [2.05, 4.69) is 62.4 Å². The Morgan fingerprint density at radius 2 is 1.76 bits per heavy atom. The maximum Gasteiger partial charge on any atom is 0.258 e. The van der Waals surface area contributed by atoms with Gasteiger partial charge < -0.3 is 0 Å². The third-order valence-corrected chi connectivity index (χ3v) is 9.02. The van der Waals surface area contributed by atoms with Crippen molar-refractivity contribution in [2.75, 3.05) is 5.75 Å². The van der Waals surface area contributed by atoms with E-state index in [1.54, 1.807) is 11.8 Å². The van der Waals surface area contributed by atoms with Crippen molar-refractivity contribution in [3.05, 3.63) is 81.6 Å². The second-order valence-corrected chi connectivity index (χ2v) is 11.3. The summed E-state index contributed by atoms with van der Waals surface area (Å²) in [7, 11) is 0. The second-order valence-electron chi connectivity index (χ2n) is 10.3. The van der Waals surface area contributed by atoms with Crippen LogP contribution >= 0.6 is 11.8 Å². The third-order valence-electron chi connectivity index (χ3n) is 7.95. The van der Waals surface area contributed by atoms with Crippen molar-refractivity contribution in [2.45, 2.75) is 82.3 Å². The fraction of sp³-hybridized carbons (Fsp3) is 0.467. The Balaban J connectivity index is 1.71. The van der Waals surface area contributed by atoms with Crippen LogP contribution in [0.5, 0.6) is 0 Å². The summed E-state index contributed by atoms with van der Waals surface area (Å²) in [6.45, 7) is 5.15. The van der Waals surface area contributed by atoms with Crippen LogP contribution in [0, 0.1) is 5.92 Å². The first-order chi connectivity index (χ1) is 16.6. The molecule has 3 aromatic rings. The zero-order valence-electron chi connectivity index (χ0n) is 20.6. The molecule has 5 rings (SSSR count). The molecular formula is C30H36N2OS. The van der Waals surface area contributed by atoms with Crippen LogP contribution in [0.25, 0.3) is 11.3 Å². The monoisotopic (exact) mass is 472 g/mol. The summed E-state index contributed by atoms with van der Waals surface area (Å²) in [5.74, 6) is 1.52. The lowest BCUT2D eigenvalue weighted by atomic mass is 9.60. The summed E-state index contributed by atoms with van der Waals surface area (Å²) >= 11 is 1.74. The molecule has 0 aliphatic heterocycles. The van der Waals surface area contributed by atoms with Crippen molar-refractivity contribution in [2.24, 2.45) is 5.92 Å². The SMILES string of the molecule is CCCCSc1nc2c(c(=O)n1Cc1ccccc1)[C@](C)(C1CCCCC1)Cc1ccccc1-2. The molecule has 0 radical (unpaired) electrons. The fourth-order valence-electron chi connectivity index (χ4n) is 6.05. The lowest BCUT2D eigenvalue weighted by Crippen LogP contribution is -2.45. The third kappa shape index (κ3) is 4.37. The molecule has 1 aromatic heterocycles. The van der Waals surface area contributed by atoms with E-state index in [-0.39, 0.29) is 11.0 Å². The van der Waals surface area contributed by atoms with Crippen LogP contribution < -0.4 is 5.56 Å². The van der Waals surface area contributed by atoms with Gasteiger partial charge in [0.1, 0.15) is 0 Å². The minimum Gasteiger partial charge on any atom is -0.283 e. The van der Waals surface area contributed by atoms with Crippen LogP contribution in [-0.4, -0.2) is 15.3 Å². The molecule has 0 saturated heterocycles. The highest BCUT2D eigenvalue weighted by Gasteiger charge is 2.44. The molecule has 1 fully saturated rings. The number of aromatic nitrogens is 2. The second kappa shape index (κ2) is 10.1. The zero-order valence-corrected chi connectivity index (χ0v) is 21.4. The van der Waals surface area contributed by atoms with Crippen LogP contribution in [0.15, 0.2) is 64.5 Å².